The SMILES string of the molecule is CCc1c(C(=O)NCC(O)C(C)(C)C)cnn1Cc1ccccc1. The van der Waals surface area contributed by atoms with Gasteiger partial charge in [0, 0.05) is 6.54 Å². The minimum atomic E-state index is -0.592. The summed E-state index contributed by atoms with van der Waals surface area (Å²) in [5, 5.41) is 17.3. The Bertz CT molecular complexity index is 672. The van der Waals surface area contributed by atoms with Gasteiger partial charge < -0.3 is 10.4 Å². The van der Waals surface area contributed by atoms with Crippen LogP contribution in [0.15, 0.2) is 36.5 Å². The van der Waals surface area contributed by atoms with Crippen LogP contribution in [-0.2, 0) is 13.0 Å². The molecule has 130 valence electrons. The first-order valence-corrected chi connectivity index (χ1v) is 8.37. The van der Waals surface area contributed by atoms with Gasteiger partial charge in [0.05, 0.1) is 30.1 Å². The summed E-state index contributed by atoms with van der Waals surface area (Å²) in [5.41, 5.74) is 2.36. The summed E-state index contributed by atoms with van der Waals surface area (Å²) in [5.74, 6) is -0.186. The lowest BCUT2D eigenvalue weighted by atomic mass is 9.89. The van der Waals surface area contributed by atoms with Crippen LogP contribution in [0.25, 0.3) is 0 Å². The van der Waals surface area contributed by atoms with E-state index in [4.69, 9.17) is 0 Å². The van der Waals surface area contributed by atoms with Crippen molar-refractivity contribution in [1.82, 2.24) is 15.1 Å². The maximum absolute atomic E-state index is 12.4. The molecule has 0 fully saturated rings. The van der Waals surface area contributed by atoms with Crippen LogP contribution in [0.2, 0.25) is 0 Å². The lowest BCUT2D eigenvalue weighted by Crippen LogP contribution is -2.39. The maximum atomic E-state index is 12.4. The Morgan fingerprint density at radius 1 is 1.29 bits per heavy atom. The van der Waals surface area contributed by atoms with E-state index in [1.165, 1.54) is 0 Å². The highest BCUT2D eigenvalue weighted by atomic mass is 16.3. The number of hydrogen-bond acceptors (Lipinski definition) is 3. The number of aromatic nitrogens is 2. The van der Waals surface area contributed by atoms with Crippen LogP contribution in [0.1, 0.15) is 49.3 Å². The van der Waals surface area contributed by atoms with E-state index in [1.54, 1.807) is 6.20 Å². The molecule has 2 aromatic rings. The smallest absolute Gasteiger partial charge is 0.254 e. The van der Waals surface area contributed by atoms with Crippen molar-refractivity contribution in [1.29, 1.82) is 0 Å². The van der Waals surface area contributed by atoms with Crippen molar-refractivity contribution in [2.75, 3.05) is 6.54 Å². The molecule has 0 saturated heterocycles. The van der Waals surface area contributed by atoms with E-state index in [0.29, 0.717) is 12.1 Å². The predicted octanol–water partition coefficient (Wildman–Crippen LogP) is 2.63. The molecular weight excluding hydrogens is 302 g/mol. The largest absolute Gasteiger partial charge is 0.391 e. The normalized spacial score (nSPS) is 12.9. The van der Waals surface area contributed by atoms with E-state index in [-0.39, 0.29) is 17.9 Å². The highest BCUT2D eigenvalue weighted by molar-refractivity contribution is 5.95. The van der Waals surface area contributed by atoms with Crippen LogP contribution >= 0.6 is 0 Å². The fraction of sp³-hybridized carbons (Fsp3) is 0.474. The summed E-state index contributed by atoms with van der Waals surface area (Å²) in [6.07, 6.45) is 1.74. The number of amides is 1. The minimum Gasteiger partial charge on any atom is -0.391 e. The quantitative estimate of drug-likeness (QED) is 0.856. The number of nitrogens with one attached hydrogen (secondary N) is 1. The summed E-state index contributed by atoms with van der Waals surface area (Å²) in [4.78, 5) is 12.4. The van der Waals surface area contributed by atoms with E-state index in [2.05, 4.69) is 10.4 Å². The lowest BCUT2D eigenvalue weighted by Gasteiger charge is -2.25. The number of carbonyl (C=O) groups excluding carboxylic acids is 1. The van der Waals surface area contributed by atoms with Crippen LogP contribution in [0.4, 0.5) is 0 Å². The zero-order valence-electron chi connectivity index (χ0n) is 14.9. The van der Waals surface area contributed by atoms with E-state index in [9.17, 15) is 9.90 Å². The fourth-order valence-electron chi connectivity index (χ4n) is 2.46. The Morgan fingerprint density at radius 2 is 1.96 bits per heavy atom. The number of carbonyl (C=O) groups is 1. The Hall–Kier alpha value is -2.14. The van der Waals surface area contributed by atoms with Gasteiger partial charge in [-0.3, -0.25) is 9.48 Å². The Morgan fingerprint density at radius 3 is 2.54 bits per heavy atom. The van der Waals surface area contributed by atoms with Gasteiger partial charge in [0.15, 0.2) is 0 Å². The van der Waals surface area contributed by atoms with E-state index < -0.39 is 6.10 Å². The maximum Gasteiger partial charge on any atom is 0.254 e. The topological polar surface area (TPSA) is 67.2 Å². The average Bonchev–Trinajstić information content (AvgIpc) is 2.95. The molecule has 0 spiro atoms. The second-order valence-electron chi connectivity index (χ2n) is 7.09. The Balaban J connectivity index is 2.09. The van der Waals surface area contributed by atoms with Gasteiger partial charge in [-0.25, -0.2) is 0 Å². The van der Waals surface area contributed by atoms with E-state index >= 15 is 0 Å². The molecule has 1 unspecified atom stereocenters. The number of benzene rings is 1. The molecular formula is C19H27N3O2. The van der Waals surface area contributed by atoms with Gasteiger partial charge in [0.25, 0.3) is 5.91 Å². The summed E-state index contributed by atoms with van der Waals surface area (Å²) < 4.78 is 1.87. The van der Waals surface area contributed by atoms with Crippen LogP contribution < -0.4 is 5.32 Å². The third-order valence-corrected chi connectivity index (χ3v) is 4.16. The van der Waals surface area contributed by atoms with Crippen LogP contribution in [0.5, 0.6) is 0 Å². The van der Waals surface area contributed by atoms with Gasteiger partial charge in [-0.05, 0) is 17.4 Å². The van der Waals surface area contributed by atoms with Gasteiger partial charge in [0.2, 0.25) is 0 Å². The molecule has 0 bridgehead atoms. The molecule has 0 aliphatic heterocycles. The van der Waals surface area contributed by atoms with Gasteiger partial charge in [-0.1, -0.05) is 58.0 Å². The van der Waals surface area contributed by atoms with Crippen molar-refractivity contribution >= 4 is 5.91 Å². The third kappa shape index (κ3) is 4.45. The molecule has 1 heterocycles. The number of hydrogen-bond donors (Lipinski definition) is 2. The number of rotatable bonds is 6. The molecule has 5 nitrogen and oxygen atoms in total. The van der Waals surface area contributed by atoms with Crippen molar-refractivity contribution in [2.45, 2.75) is 46.8 Å². The number of nitrogens with zero attached hydrogens (tertiary/aromatic N) is 2. The fourth-order valence-corrected chi connectivity index (χ4v) is 2.46. The van der Waals surface area contributed by atoms with Crippen LogP contribution in [-0.4, -0.2) is 33.4 Å². The molecule has 24 heavy (non-hydrogen) atoms. The average molecular weight is 329 g/mol. The van der Waals surface area contributed by atoms with Crippen molar-refractivity contribution in [3.63, 3.8) is 0 Å². The second-order valence-corrected chi connectivity index (χ2v) is 7.09. The predicted molar refractivity (Wildman–Crippen MR) is 94.9 cm³/mol. The van der Waals surface area contributed by atoms with Crippen LogP contribution in [0.3, 0.4) is 0 Å². The van der Waals surface area contributed by atoms with Crippen molar-refractivity contribution < 1.29 is 9.90 Å². The van der Waals surface area contributed by atoms with Gasteiger partial charge >= 0.3 is 0 Å². The monoisotopic (exact) mass is 329 g/mol. The Labute approximate surface area is 143 Å². The number of aliphatic hydroxyl groups excluding tert-OH is 1. The molecule has 1 aromatic carbocycles. The minimum absolute atomic E-state index is 0.186. The zero-order chi connectivity index (χ0) is 17.7. The second kappa shape index (κ2) is 7.62. The zero-order valence-corrected chi connectivity index (χ0v) is 14.9. The standard InChI is InChI=1S/C19H27N3O2/c1-5-16-15(18(24)20-12-17(23)19(2,3)4)11-21-22(16)13-14-9-7-6-8-10-14/h6-11,17,23H,5,12-13H2,1-4H3,(H,20,24). The molecule has 0 radical (unpaired) electrons. The first-order chi connectivity index (χ1) is 11.3. The first kappa shape index (κ1) is 18.2. The Kier molecular flexibility index (Phi) is 5.78. The van der Waals surface area contributed by atoms with Crippen molar-refractivity contribution in [2.24, 2.45) is 5.41 Å². The molecule has 5 heteroatoms. The van der Waals surface area contributed by atoms with Crippen LogP contribution in [0, 0.1) is 5.41 Å². The summed E-state index contributed by atoms with van der Waals surface area (Å²) >= 11 is 0. The molecule has 1 amide bonds. The van der Waals surface area contributed by atoms with Gasteiger partial charge in [0.1, 0.15) is 0 Å². The summed E-state index contributed by atoms with van der Waals surface area (Å²) in [6, 6.07) is 10.0. The molecule has 0 aliphatic carbocycles. The van der Waals surface area contributed by atoms with Crippen molar-refractivity contribution in [3.05, 3.63) is 53.3 Å². The summed E-state index contributed by atoms with van der Waals surface area (Å²) in [7, 11) is 0. The first-order valence-electron chi connectivity index (χ1n) is 8.37. The van der Waals surface area contributed by atoms with Crippen molar-refractivity contribution in [3.8, 4) is 0 Å². The van der Waals surface area contributed by atoms with E-state index in [1.807, 2.05) is 62.7 Å². The molecule has 1 aromatic heterocycles. The molecule has 0 aliphatic rings. The highest BCUT2D eigenvalue weighted by Gasteiger charge is 2.23. The van der Waals surface area contributed by atoms with Gasteiger partial charge in [-0.15, -0.1) is 0 Å². The number of aliphatic hydroxyl groups is 1. The lowest BCUT2D eigenvalue weighted by molar-refractivity contribution is 0.0586. The van der Waals surface area contributed by atoms with Gasteiger partial charge in [-0.2, -0.15) is 5.10 Å². The highest BCUT2D eigenvalue weighted by Crippen LogP contribution is 2.18. The molecule has 1 atom stereocenters. The molecule has 2 N–H and O–H groups in total. The van der Waals surface area contributed by atoms with E-state index in [0.717, 1.165) is 17.7 Å². The summed E-state index contributed by atoms with van der Waals surface area (Å²) in [6.45, 7) is 8.72. The molecule has 2 rings (SSSR count). The molecule has 0 saturated carbocycles. The third-order valence-electron chi connectivity index (χ3n) is 4.16.